The minimum absolute atomic E-state index is 0.0178. The van der Waals surface area contributed by atoms with Crippen LogP contribution in [0.1, 0.15) is 12.5 Å². The van der Waals surface area contributed by atoms with Crippen molar-refractivity contribution in [3.05, 3.63) is 78.4 Å². The molecule has 3 aromatic carbocycles. The van der Waals surface area contributed by atoms with Crippen LogP contribution in [0, 0.1) is 6.92 Å². The second kappa shape index (κ2) is 10.2. The van der Waals surface area contributed by atoms with Gasteiger partial charge in [0.25, 0.3) is 10.0 Å². The van der Waals surface area contributed by atoms with Crippen LogP contribution in [0.3, 0.4) is 0 Å². The number of carbonyl (C=O) groups is 2. The maximum Gasteiger partial charge on any atom is 0.264 e. The van der Waals surface area contributed by atoms with Gasteiger partial charge in [0.15, 0.2) is 0 Å². The Labute approximate surface area is 193 Å². The van der Waals surface area contributed by atoms with Crippen LogP contribution in [0.25, 0.3) is 0 Å². The van der Waals surface area contributed by atoms with E-state index in [9.17, 15) is 18.0 Å². The van der Waals surface area contributed by atoms with E-state index in [1.54, 1.807) is 42.5 Å². The Bertz CT molecular complexity index is 1240. The molecule has 0 radical (unpaired) electrons. The standard InChI is InChI=1S/C24H25N3O5S/c1-17-5-4-6-20(15-17)26-24(29)16-27(21-9-11-22(32-3)12-10-21)33(30,31)23-13-7-19(8-14-23)25-18(2)28/h4-15H,16H2,1-3H3,(H,25,28)(H,26,29). The van der Waals surface area contributed by atoms with Gasteiger partial charge in [0.2, 0.25) is 11.8 Å². The van der Waals surface area contributed by atoms with Crippen molar-refractivity contribution < 1.29 is 22.7 Å². The van der Waals surface area contributed by atoms with Gasteiger partial charge in [-0.2, -0.15) is 0 Å². The van der Waals surface area contributed by atoms with Crippen LogP contribution in [-0.2, 0) is 19.6 Å². The molecule has 0 aliphatic carbocycles. The van der Waals surface area contributed by atoms with Crippen molar-refractivity contribution in [2.75, 3.05) is 28.6 Å². The molecule has 0 fully saturated rings. The fraction of sp³-hybridized carbons (Fsp3) is 0.167. The molecule has 9 heteroatoms. The minimum atomic E-state index is -4.10. The molecule has 8 nitrogen and oxygen atoms in total. The molecule has 0 aliphatic rings. The molecule has 33 heavy (non-hydrogen) atoms. The zero-order valence-corrected chi connectivity index (χ0v) is 19.3. The van der Waals surface area contributed by atoms with Crippen molar-refractivity contribution in [2.24, 2.45) is 0 Å². The van der Waals surface area contributed by atoms with Gasteiger partial charge in [-0.3, -0.25) is 13.9 Å². The number of rotatable bonds is 8. The van der Waals surface area contributed by atoms with Gasteiger partial charge in [-0.15, -0.1) is 0 Å². The molecule has 0 unspecified atom stereocenters. The van der Waals surface area contributed by atoms with Gasteiger partial charge in [-0.1, -0.05) is 12.1 Å². The van der Waals surface area contributed by atoms with E-state index in [4.69, 9.17) is 4.74 Å². The van der Waals surface area contributed by atoms with Gasteiger partial charge in [-0.25, -0.2) is 8.42 Å². The topological polar surface area (TPSA) is 105 Å². The SMILES string of the molecule is COc1ccc(N(CC(=O)Nc2cccc(C)c2)S(=O)(=O)c2ccc(NC(C)=O)cc2)cc1. The Hall–Kier alpha value is -3.85. The first-order chi connectivity index (χ1) is 15.7. The Balaban J connectivity index is 1.93. The molecule has 0 saturated heterocycles. The number of nitrogens with one attached hydrogen (secondary N) is 2. The van der Waals surface area contributed by atoms with E-state index in [0.717, 1.165) is 9.87 Å². The second-order valence-electron chi connectivity index (χ2n) is 7.33. The summed E-state index contributed by atoms with van der Waals surface area (Å²) in [5.41, 5.74) is 2.31. The number of amides is 2. The molecule has 0 aliphatic heterocycles. The van der Waals surface area contributed by atoms with E-state index >= 15 is 0 Å². The molecule has 3 rings (SSSR count). The van der Waals surface area contributed by atoms with Crippen LogP contribution in [-0.4, -0.2) is 33.9 Å². The Morgan fingerprint density at radius 3 is 2.15 bits per heavy atom. The molecule has 0 spiro atoms. The molecule has 0 heterocycles. The maximum absolute atomic E-state index is 13.5. The number of hydrogen-bond acceptors (Lipinski definition) is 5. The van der Waals surface area contributed by atoms with Crippen LogP contribution >= 0.6 is 0 Å². The smallest absolute Gasteiger partial charge is 0.264 e. The number of carbonyl (C=O) groups excluding carboxylic acids is 2. The second-order valence-corrected chi connectivity index (χ2v) is 9.20. The number of methoxy groups -OCH3 is 1. The van der Waals surface area contributed by atoms with Crippen molar-refractivity contribution in [1.82, 2.24) is 0 Å². The highest BCUT2D eigenvalue weighted by Gasteiger charge is 2.27. The predicted molar refractivity (Wildman–Crippen MR) is 128 cm³/mol. The fourth-order valence-corrected chi connectivity index (χ4v) is 4.58. The van der Waals surface area contributed by atoms with E-state index in [1.807, 2.05) is 13.0 Å². The van der Waals surface area contributed by atoms with E-state index < -0.39 is 22.5 Å². The average molecular weight is 468 g/mol. The Morgan fingerprint density at radius 2 is 1.58 bits per heavy atom. The third-order valence-electron chi connectivity index (χ3n) is 4.71. The summed E-state index contributed by atoms with van der Waals surface area (Å²) in [4.78, 5) is 24.0. The highest BCUT2D eigenvalue weighted by Crippen LogP contribution is 2.27. The number of nitrogens with zero attached hydrogens (tertiary/aromatic N) is 1. The van der Waals surface area contributed by atoms with Gasteiger partial charge in [0.1, 0.15) is 12.3 Å². The molecular weight excluding hydrogens is 442 g/mol. The van der Waals surface area contributed by atoms with Crippen LogP contribution in [0.5, 0.6) is 5.75 Å². The summed E-state index contributed by atoms with van der Waals surface area (Å²) in [7, 11) is -2.59. The molecule has 2 amide bonds. The first-order valence-corrected chi connectivity index (χ1v) is 11.5. The van der Waals surface area contributed by atoms with Crippen molar-refractivity contribution in [1.29, 1.82) is 0 Å². The van der Waals surface area contributed by atoms with Crippen LogP contribution < -0.4 is 19.7 Å². The number of hydrogen-bond donors (Lipinski definition) is 2. The van der Waals surface area contributed by atoms with E-state index in [2.05, 4.69) is 10.6 Å². The lowest BCUT2D eigenvalue weighted by atomic mass is 10.2. The van der Waals surface area contributed by atoms with E-state index in [1.165, 1.54) is 38.3 Å². The summed E-state index contributed by atoms with van der Waals surface area (Å²) < 4.78 is 33.2. The maximum atomic E-state index is 13.5. The van der Waals surface area contributed by atoms with Gasteiger partial charge in [0, 0.05) is 18.3 Å². The molecule has 0 atom stereocenters. The summed E-state index contributed by atoms with van der Waals surface area (Å²) in [6.45, 7) is 2.83. The van der Waals surface area contributed by atoms with Gasteiger partial charge in [-0.05, 0) is 73.2 Å². The monoisotopic (exact) mass is 467 g/mol. The number of benzene rings is 3. The summed E-state index contributed by atoms with van der Waals surface area (Å²) in [6, 6.07) is 19.4. The molecule has 0 saturated carbocycles. The fourth-order valence-electron chi connectivity index (χ4n) is 3.16. The largest absolute Gasteiger partial charge is 0.497 e. The van der Waals surface area contributed by atoms with Crippen LogP contribution in [0.4, 0.5) is 17.1 Å². The number of ether oxygens (including phenoxy) is 1. The summed E-state index contributed by atoms with van der Waals surface area (Å²) >= 11 is 0. The van der Waals surface area contributed by atoms with Crippen LogP contribution in [0.15, 0.2) is 77.7 Å². The number of sulfonamides is 1. The quantitative estimate of drug-likeness (QED) is 0.524. The predicted octanol–water partition coefficient (Wildman–Crippen LogP) is 3.80. The third kappa shape index (κ3) is 6.11. The van der Waals surface area contributed by atoms with Gasteiger partial charge in [0.05, 0.1) is 17.7 Å². The van der Waals surface area contributed by atoms with Gasteiger partial charge < -0.3 is 15.4 Å². The van der Waals surface area contributed by atoms with Gasteiger partial charge >= 0.3 is 0 Å². The average Bonchev–Trinajstić information content (AvgIpc) is 2.77. The van der Waals surface area contributed by atoms with E-state index in [-0.39, 0.29) is 10.8 Å². The van der Waals surface area contributed by atoms with Crippen molar-refractivity contribution >= 4 is 38.9 Å². The van der Waals surface area contributed by atoms with Crippen molar-refractivity contribution in [2.45, 2.75) is 18.7 Å². The lowest BCUT2D eigenvalue weighted by Gasteiger charge is -2.24. The first-order valence-electron chi connectivity index (χ1n) is 10.1. The molecule has 0 aromatic heterocycles. The van der Waals surface area contributed by atoms with Crippen molar-refractivity contribution in [3.8, 4) is 5.75 Å². The summed E-state index contributed by atoms with van der Waals surface area (Å²) in [5.74, 6) is -0.201. The number of anilines is 3. The van der Waals surface area contributed by atoms with E-state index in [0.29, 0.717) is 22.8 Å². The molecular formula is C24H25N3O5S. The lowest BCUT2D eigenvalue weighted by molar-refractivity contribution is -0.115. The molecule has 0 bridgehead atoms. The third-order valence-corrected chi connectivity index (χ3v) is 6.50. The summed E-state index contributed by atoms with van der Waals surface area (Å²) in [6.07, 6.45) is 0. The zero-order chi connectivity index (χ0) is 24.0. The highest BCUT2D eigenvalue weighted by molar-refractivity contribution is 7.92. The highest BCUT2D eigenvalue weighted by atomic mass is 32.2. The molecule has 172 valence electrons. The number of aryl methyl sites for hydroxylation is 1. The zero-order valence-electron chi connectivity index (χ0n) is 18.5. The minimum Gasteiger partial charge on any atom is -0.497 e. The molecule has 3 aromatic rings. The lowest BCUT2D eigenvalue weighted by Crippen LogP contribution is -2.38. The molecule has 2 N–H and O–H groups in total. The Morgan fingerprint density at radius 1 is 0.909 bits per heavy atom. The van der Waals surface area contributed by atoms with Crippen LogP contribution in [0.2, 0.25) is 0 Å². The van der Waals surface area contributed by atoms with Crippen molar-refractivity contribution in [3.63, 3.8) is 0 Å². The summed E-state index contributed by atoms with van der Waals surface area (Å²) in [5, 5.41) is 5.34. The Kier molecular flexibility index (Phi) is 7.34. The first kappa shape index (κ1) is 23.8. The normalized spacial score (nSPS) is 10.9.